The van der Waals surface area contributed by atoms with Crippen molar-refractivity contribution in [2.45, 2.75) is 28.5 Å². The van der Waals surface area contributed by atoms with Crippen LogP contribution in [0, 0.1) is 19.3 Å². The standard InChI is InChI=1S/C22H23ClN4O4S3/c1-15-5-7-18(8-6-15)33(28,29)27(22(24)26-11-9-17(10-12-26)25(3)4)34(30,31)21-13-16(2)19(23)14-20(21)32/h5-14,24H,1-4H3/p+1. The maximum Gasteiger partial charge on any atom is 0.421 e. The summed E-state index contributed by atoms with van der Waals surface area (Å²) in [6, 6.07) is 11.5. The fraction of sp³-hybridized carbons (Fsp3) is 0.182. The number of sulfonamides is 2. The Bertz CT molecular complexity index is 1460. The van der Waals surface area contributed by atoms with Gasteiger partial charge in [0.1, 0.15) is 9.79 Å². The van der Waals surface area contributed by atoms with Crippen LogP contribution in [0.4, 0.5) is 5.69 Å². The van der Waals surface area contributed by atoms with Gasteiger partial charge in [-0.2, -0.15) is 16.8 Å². The average molecular weight is 540 g/mol. The second kappa shape index (κ2) is 9.57. The lowest BCUT2D eigenvalue weighted by Crippen LogP contribution is -2.56. The third-order valence-corrected chi connectivity index (χ3v) is 10.1. The SMILES string of the molecule is Cc1ccc(S(=O)(=O)N(C(=N)[n+]2ccc(N(C)C)cc2)S(=O)(=O)c2cc(C)c(Cl)cc2S)cc1. The number of halogens is 1. The number of hydrogen-bond donors (Lipinski definition) is 2. The smallest absolute Gasteiger partial charge is 0.377 e. The maximum atomic E-state index is 13.8. The quantitative estimate of drug-likeness (QED) is 0.224. The molecule has 0 spiro atoms. The van der Waals surface area contributed by atoms with Crippen molar-refractivity contribution in [2.75, 3.05) is 19.0 Å². The van der Waals surface area contributed by atoms with Gasteiger partial charge in [0.25, 0.3) is 0 Å². The average Bonchev–Trinajstić information content (AvgIpc) is 2.76. The van der Waals surface area contributed by atoms with E-state index in [1.165, 1.54) is 36.7 Å². The molecule has 0 bridgehead atoms. The number of benzene rings is 2. The Morgan fingerprint density at radius 1 is 0.941 bits per heavy atom. The first-order valence-electron chi connectivity index (χ1n) is 9.90. The highest BCUT2D eigenvalue weighted by atomic mass is 35.5. The van der Waals surface area contributed by atoms with Crippen LogP contribution in [-0.2, 0) is 20.0 Å². The molecule has 3 rings (SSSR count). The third kappa shape index (κ3) is 4.92. The number of rotatable bonds is 5. The highest BCUT2D eigenvalue weighted by Gasteiger charge is 2.47. The zero-order chi connectivity index (χ0) is 25.4. The number of thiol groups is 1. The molecule has 0 unspecified atom stereocenters. The van der Waals surface area contributed by atoms with E-state index < -0.39 is 26.0 Å². The van der Waals surface area contributed by atoms with Crippen molar-refractivity contribution >= 4 is 55.9 Å². The minimum absolute atomic E-state index is 0.0412. The van der Waals surface area contributed by atoms with E-state index in [0.29, 0.717) is 5.56 Å². The van der Waals surface area contributed by atoms with Crippen LogP contribution in [0.1, 0.15) is 11.1 Å². The Balaban J connectivity index is 2.26. The van der Waals surface area contributed by atoms with E-state index in [0.717, 1.165) is 15.8 Å². The van der Waals surface area contributed by atoms with Gasteiger partial charge in [-0.05, 0) is 59.5 Å². The van der Waals surface area contributed by atoms with Crippen LogP contribution in [0.15, 0.2) is 75.6 Å². The minimum atomic E-state index is -4.81. The number of hydrogen-bond acceptors (Lipinski definition) is 7. The van der Waals surface area contributed by atoms with E-state index in [4.69, 9.17) is 17.0 Å². The number of aryl methyl sites for hydroxylation is 2. The molecule has 34 heavy (non-hydrogen) atoms. The molecule has 0 aliphatic heterocycles. The third-order valence-electron chi connectivity index (χ3n) is 5.02. The summed E-state index contributed by atoms with van der Waals surface area (Å²) in [6.07, 6.45) is 2.83. The van der Waals surface area contributed by atoms with Gasteiger partial charge in [0, 0.05) is 29.7 Å². The maximum absolute atomic E-state index is 13.8. The summed E-state index contributed by atoms with van der Waals surface area (Å²) in [4.78, 5) is 1.11. The summed E-state index contributed by atoms with van der Waals surface area (Å²) in [5.41, 5.74) is 1.99. The molecular weight excluding hydrogens is 516 g/mol. The molecule has 3 aromatic rings. The van der Waals surface area contributed by atoms with Gasteiger partial charge in [-0.1, -0.05) is 29.3 Å². The predicted octanol–water partition coefficient (Wildman–Crippen LogP) is 3.46. The highest BCUT2D eigenvalue weighted by molar-refractivity contribution is 8.05. The van der Waals surface area contributed by atoms with Crippen molar-refractivity contribution in [2.24, 2.45) is 0 Å². The predicted molar refractivity (Wildman–Crippen MR) is 135 cm³/mol. The van der Waals surface area contributed by atoms with E-state index >= 15 is 0 Å². The van der Waals surface area contributed by atoms with Crippen LogP contribution in [0.2, 0.25) is 5.02 Å². The van der Waals surface area contributed by atoms with E-state index in [-0.39, 0.29) is 23.4 Å². The molecule has 0 atom stereocenters. The molecule has 1 heterocycles. The lowest BCUT2D eigenvalue weighted by Gasteiger charge is -2.20. The first-order valence-corrected chi connectivity index (χ1v) is 13.6. The molecule has 0 aliphatic rings. The van der Waals surface area contributed by atoms with E-state index in [2.05, 4.69) is 12.6 Å². The molecule has 0 saturated carbocycles. The van der Waals surface area contributed by atoms with E-state index in [1.807, 2.05) is 19.0 Å². The molecule has 0 saturated heterocycles. The minimum Gasteiger partial charge on any atom is -0.377 e. The Kier molecular flexibility index (Phi) is 7.32. The van der Waals surface area contributed by atoms with Crippen LogP contribution in [-0.4, -0.2) is 40.6 Å². The van der Waals surface area contributed by atoms with Crippen molar-refractivity contribution < 1.29 is 21.4 Å². The van der Waals surface area contributed by atoms with Gasteiger partial charge in [0.05, 0.1) is 12.4 Å². The lowest BCUT2D eigenvalue weighted by atomic mass is 10.2. The molecule has 1 N–H and O–H groups in total. The second-order valence-electron chi connectivity index (χ2n) is 7.77. The molecule has 2 aromatic carbocycles. The number of nitrogens with zero attached hydrogens (tertiary/aromatic N) is 3. The van der Waals surface area contributed by atoms with Gasteiger partial charge in [-0.3, -0.25) is 0 Å². The lowest BCUT2D eigenvalue weighted by molar-refractivity contribution is -0.562. The van der Waals surface area contributed by atoms with Gasteiger partial charge >= 0.3 is 26.0 Å². The number of anilines is 1. The molecule has 8 nitrogen and oxygen atoms in total. The van der Waals surface area contributed by atoms with Crippen molar-refractivity contribution in [3.63, 3.8) is 0 Å². The molecule has 0 aliphatic carbocycles. The Hall–Kier alpha value is -2.60. The van der Waals surface area contributed by atoms with Crippen LogP contribution in [0.25, 0.3) is 0 Å². The molecule has 0 amide bonds. The molecule has 0 radical (unpaired) electrons. The largest absolute Gasteiger partial charge is 0.421 e. The van der Waals surface area contributed by atoms with Crippen LogP contribution < -0.4 is 9.47 Å². The molecule has 1 aromatic heterocycles. The normalized spacial score (nSPS) is 11.8. The van der Waals surface area contributed by atoms with Crippen molar-refractivity contribution in [1.29, 1.82) is 5.41 Å². The fourth-order valence-corrected chi connectivity index (χ4v) is 7.51. The van der Waals surface area contributed by atoms with Gasteiger partial charge in [0.15, 0.2) is 0 Å². The van der Waals surface area contributed by atoms with Gasteiger partial charge in [0.2, 0.25) is 0 Å². The van der Waals surface area contributed by atoms with E-state index in [1.54, 1.807) is 38.1 Å². The zero-order valence-electron chi connectivity index (χ0n) is 18.9. The Labute approximate surface area is 210 Å². The molecule has 180 valence electrons. The van der Waals surface area contributed by atoms with E-state index in [9.17, 15) is 16.8 Å². The molecule has 12 heteroatoms. The van der Waals surface area contributed by atoms with Crippen molar-refractivity contribution in [1.82, 2.24) is 3.71 Å². The first kappa shape index (κ1) is 26.0. The number of nitrogens with one attached hydrogen (secondary N) is 1. The van der Waals surface area contributed by atoms with Gasteiger partial charge in [-0.25, -0.2) is 4.57 Å². The van der Waals surface area contributed by atoms with Gasteiger partial charge < -0.3 is 4.90 Å². The topological polar surface area (TPSA) is 102 Å². The number of pyridine rings is 1. The van der Waals surface area contributed by atoms with Crippen molar-refractivity contribution in [3.05, 3.63) is 77.1 Å². The van der Waals surface area contributed by atoms with Crippen LogP contribution in [0.5, 0.6) is 0 Å². The fourth-order valence-electron chi connectivity index (χ4n) is 3.06. The Morgan fingerprint density at radius 2 is 1.50 bits per heavy atom. The highest BCUT2D eigenvalue weighted by Crippen LogP contribution is 2.32. The molecule has 0 fully saturated rings. The summed E-state index contributed by atoms with van der Waals surface area (Å²) in [5.74, 6) is -0.800. The van der Waals surface area contributed by atoms with Gasteiger partial charge in [-0.15, -0.1) is 18.0 Å². The first-order chi connectivity index (χ1) is 15.8. The van der Waals surface area contributed by atoms with Crippen LogP contribution >= 0.6 is 24.2 Å². The monoisotopic (exact) mass is 539 g/mol. The second-order valence-corrected chi connectivity index (χ2v) is 12.4. The van der Waals surface area contributed by atoms with Crippen LogP contribution in [0.3, 0.4) is 0 Å². The number of aromatic nitrogens is 1. The Morgan fingerprint density at radius 3 is 2.03 bits per heavy atom. The zero-order valence-corrected chi connectivity index (χ0v) is 22.2. The summed E-state index contributed by atoms with van der Waals surface area (Å²) in [5, 5.41) is 8.93. The summed E-state index contributed by atoms with van der Waals surface area (Å²) in [7, 11) is -5.88. The van der Waals surface area contributed by atoms with Crippen molar-refractivity contribution in [3.8, 4) is 0 Å². The molecular formula is C22H24ClN4O4S3+. The summed E-state index contributed by atoms with van der Waals surface area (Å²) in [6.45, 7) is 3.37. The summed E-state index contributed by atoms with van der Waals surface area (Å²) >= 11 is 10.3. The summed E-state index contributed by atoms with van der Waals surface area (Å²) < 4.78 is 56.1.